The number of hydrogen-bond acceptors (Lipinski definition) is 4. The van der Waals surface area contributed by atoms with Gasteiger partial charge in [-0.25, -0.2) is 4.98 Å². The lowest BCUT2D eigenvalue weighted by Gasteiger charge is -2.34. The molecule has 2 rings (SSSR count). The molecule has 0 aromatic carbocycles. The standard InChI is InChI=1S/C13H22N2OS/c1-8(2)10-4-5-11(14)12(6-10)17-13-15-9(3)7-16-13/h7-8,10-12H,4-6,14H2,1-3H3. The molecule has 1 fully saturated rings. The van der Waals surface area contributed by atoms with Gasteiger partial charge >= 0.3 is 0 Å². The number of aromatic nitrogens is 1. The minimum atomic E-state index is 0.280. The SMILES string of the molecule is Cc1coc(SC2CC(C(C)C)CCC2N)n1. The molecule has 1 aromatic rings. The zero-order valence-electron chi connectivity index (χ0n) is 10.8. The van der Waals surface area contributed by atoms with Crippen molar-refractivity contribution in [3.63, 3.8) is 0 Å². The van der Waals surface area contributed by atoms with Gasteiger partial charge in [-0.2, -0.15) is 0 Å². The van der Waals surface area contributed by atoms with E-state index in [1.54, 1.807) is 18.0 Å². The van der Waals surface area contributed by atoms with E-state index in [0.717, 1.165) is 29.2 Å². The fourth-order valence-corrected chi connectivity index (χ4v) is 3.65. The van der Waals surface area contributed by atoms with Crippen molar-refractivity contribution in [2.75, 3.05) is 0 Å². The molecule has 1 aliphatic carbocycles. The Hall–Kier alpha value is -0.480. The third-order valence-electron chi connectivity index (χ3n) is 3.68. The molecule has 3 unspecified atom stereocenters. The van der Waals surface area contributed by atoms with Crippen molar-refractivity contribution in [3.05, 3.63) is 12.0 Å². The van der Waals surface area contributed by atoms with Crippen LogP contribution in [0, 0.1) is 18.8 Å². The lowest BCUT2D eigenvalue weighted by Crippen LogP contribution is -2.39. The molecule has 1 saturated carbocycles. The van der Waals surface area contributed by atoms with Crippen molar-refractivity contribution < 1.29 is 4.42 Å². The van der Waals surface area contributed by atoms with E-state index < -0.39 is 0 Å². The molecule has 3 nitrogen and oxygen atoms in total. The maximum atomic E-state index is 6.21. The lowest BCUT2D eigenvalue weighted by atomic mass is 9.79. The van der Waals surface area contributed by atoms with Gasteiger partial charge < -0.3 is 10.2 Å². The highest BCUT2D eigenvalue weighted by atomic mass is 32.2. The van der Waals surface area contributed by atoms with Crippen LogP contribution in [0.3, 0.4) is 0 Å². The zero-order valence-corrected chi connectivity index (χ0v) is 11.7. The van der Waals surface area contributed by atoms with Crippen LogP contribution in [0.25, 0.3) is 0 Å². The fourth-order valence-electron chi connectivity index (χ4n) is 2.44. The molecule has 0 aliphatic heterocycles. The van der Waals surface area contributed by atoms with Crippen LogP contribution < -0.4 is 5.73 Å². The third-order valence-corrected chi connectivity index (χ3v) is 4.91. The predicted octanol–water partition coefficient (Wildman–Crippen LogP) is 3.23. The second-order valence-corrected chi connectivity index (χ2v) is 6.58. The Bertz CT molecular complexity index is 364. The molecule has 96 valence electrons. The van der Waals surface area contributed by atoms with Gasteiger partial charge in [0.15, 0.2) is 0 Å². The fraction of sp³-hybridized carbons (Fsp3) is 0.769. The summed E-state index contributed by atoms with van der Waals surface area (Å²) in [6.45, 7) is 6.56. The van der Waals surface area contributed by atoms with E-state index >= 15 is 0 Å². The summed E-state index contributed by atoms with van der Waals surface area (Å²) in [5, 5.41) is 1.22. The molecule has 1 aliphatic rings. The first-order valence-corrected chi connectivity index (χ1v) is 7.28. The molecule has 2 N–H and O–H groups in total. The van der Waals surface area contributed by atoms with Crippen molar-refractivity contribution in [1.29, 1.82) is 0 Å². The molecule has 0 bridgehead atoms. The van der Waals surface area contributed by atoms with Gasteiger partial charge in [-0.3, -0.25) is 0 Å². The summed E-state index contributed by atoms with van der Waals surface area (Å²) in [4.78, 5) is 4.35. The number of nitrogens with zero attached hydrogens (tertiary/aromatic N) is 1. The van der Waals surface area contributed by atoms with E-state index in [-0.39, 0.29) is 6.04 Å². The highest BCUT2D eigenvalue weighted by Gasteiger charge is 2.31. The highest BCUT2D eigenvalue weighted by molar-refractivity contribution is 7.99. The van der Waals surface area contributed by atoms with E-state index in [1.807, 2.05) is 6.92 Å². The quantitative estimate of drug-likeness (QED) is 0.899. The first kappa shape index (κ1) is 13.0. The Morgan fingerprint density at radius 2 is 2.24 bits per heavy atom. The van der Waals surface area contributed by atoms with E-state index in [1.165, 1.54) is 12.8 Å². The number of thioether (sulfide) groups is 1. The van der Waals surface area contributed by atoms with Crippen molar-refractivity contribution in [2.45, 2.75) is 56.5 Å². The summed E-state index contributed by atoms with van der Waals surface area (Å²) in [6.07, 6.45) is 5.28. The molecule has 0 saturated heterocycles. The number of nitrogens with two attached hydrogens (primary N) is 1. The minimum Gasteiger partial charge on any atom is -0.440 e. The van der Waals surface area contributed by atoms with Gasteiger partial charge in [-0.05, 0) is 38.0 Å². The average Bonchev–Trinajstić information content (AvgIpc) is 2.67. The normalized spacial score (nSPS) is 29.8. The second-order valence-electron chi connectivity index (χ2n) is 5.39. The van der Waals surface area contributed by atoms with Gasteiger partial charge in [0.2, 0.25) is 0 Å². The molecule has 0 radical (unpaired) electrons. The molecule has 3 atom stereocenters. The maximum Gasteiger partial charge on any atom is 0.256 e. The van der Waals surface area contributed by atoms with Gasteiger partial charge in [0.05, 0.1) is 5.69 Å². The number of rotatable bonds is 3. The predicted molar refractivity (Wildman–Crippen MR) is 71.0 cm³/mol. The van der Waals surface area contributed by atoms with Gasteiger partial charge in [0, 0.05) is 11.3 Å². The summed E-state index contributed by atoms with van der Waals surface area (Å²) in [5.41, 5.74) is 7.15. The topological polar surface area (TPSA) is 52.0 Å². The molecular weight excluding hydrogens is 232 g/mol. The number of hydrogen-bond donors (Lipinski definition) is 1. The minimum absolute atomic E-state index is 0.280. The molecule has 0 amide bonds. The van der Waals surface area contributed by atoms with Crippen LogP contribution in [-0.4, -0.2) is 16.3 Å². The van der Waals surface area contributed by atoms with Crippen molar-refractivity contribution in [3.8, 4) is 0 Å². The smallest absolute Gasteiger partial charge is 0.256 e. The van der Waals surface area contributed by atoms with Gasteiger partial charge in [0.1, 0.15) is 6.26 Å². The van der Waals surface area contributed by atoms with Gasteiger partial charge in [-0.1, -0.05) is 25.6 Å². The Morgan fingerprint density at radius 3 is 2.82 bits per heavy atom. The first-order valence-electron chi connectivity index (χ1n) is 6.40. The first-order chi connectivity index (χ1) is 8.06. The molecule has 4 heteroatoms. The summed E-state index contributed by atoms with van der Waals surface area (Å²) in [7, 11) is 0. The van der Waals surface area contributed by atoms with Crippen molar-refractivity contribution >= 4 is 11.8 Å². The van der Waals surface area contributed by atoms with Gasteiger partial charge in [-0.15, -0.1) is 0 Å². The van der Waals surface area contributed by atoms with Crippen LogP contribution in [0.4, 0.5) is 0 Å². The largest absolute Gasteiger partial charge is 0.440 e. The monoisotopic (exact) mass is 254 g/mol. The Balaban J connectivity index is 1.98. The zero-order chi connectivity index (χ0) is 12.4. The van der Waals surface area contributed by atoms with E-state index in [4.69, 9.17) is 10.2 Å². The second kappa shape index (κ2) is 5.44. The maximum absolute atomic E-state index is 6.21. The van der Waals surface area contributed by atoms with Crippen LogP contribution >= 0.6 is 11.8 Å². The van der Waals surface area contributed by atoms with Crippen LogP contribution in [0.2, 0.25) is 0 Å². The van der Waals surface area contributed by atoms with E-state index in [9.17, 15) is 0 Å². The summed E-state index contributed by atoms with van der Waals surface area (Å²) >= 11 is 1.71. The average molecular weight is 254 g/mol. The molecular formula is C13H22N2OS. The number of aryl methyl sites for hydroxylation is 1. The van der Waals surface area contributed by atoms with E-state index in [0.29, 0.717) is 5.25 Å². The highest BCUT2D eigenvalue weighted by Crippen LogP contribution is 2.38. The van der Waals surface area contributed by atoms with Crippen molar-refractivity contribution in [2.24, 2.45) is 17.6 Å². The molecule has 1 heterocycles. The Kier molecular flexibility index (Phi) is 4.15. The van der Waals surface area contributed by atoms with Crippen LogP contribution in [0.1, 0.15) is 38.8 Å². The van der Waals surface area contributed by atoms with Crippen LogP contribution in [0.5, 0.6) is 0 Å². The molecule has 1 aromatic heterocycles. The Morgan fingerprint density at radius 1 is 1.47 bits per heavy atom. The summed E-state index contributed by atoms with van der Waals surface area (Å²) in [6, 6.07) is 0.280. The van der Waals surface area contributed by atoms with Crippen LogP contribution in [0.15, 0.2) is 15.9 Å². The molecule has 0 spiro atoms. The Labute approximate surface area is 108 Å². The third kappa shape index (κ3) is 3.26. The van der Waals surface area contributed by atoms with Gasteiger partial charge in [0.25, 0.3) is 5.22 Å². The van der Waals surface area contributed by atoms with Crippen LogP contribution in [-0.2, 0) is 0 Å². The number of oxazole rings is 1. The lowest BCUT2D eigenvalue weighted by molar-refractivity contribution is 0.265. The van der Waals surface area contributed by atoms with E-state index in [2.05, 4.69) is 18.8 Å². The summed E-state index contributed by atoms with van der Waals surface area (Å²) < 4.78 is 5.41. The molecule has 17 heavy (non-hydrogen) atoms. The van der Waals surface area contributed by atoms with Crippen molar-refractivity contribution in [1.82, 2.24) is 4.98 Å². The summed E-state index contributed by atoms with van der Waals surface area (Å²) in [5.74, 6) is 1.54.